The number of hydrogen-bond donors (Lipinski definition) is 1. The first-order valence-electron chi connectivity index (χ1n) is 6.97. The van der Waals surface area contributed by atoms with Gasteiger partial charge in [-0.1, -0.05) is 0 Å². The molecule has 1 aromatic heterocycles. The number of thioether (sulfide) groups is 1. The Kier molecular flexibility index (Phi) is 5.44. The van der Waals surface area contributed by atoms with Crippen LogP contribution in [-0.2, 0) is 9.59 Å². The molecule has 1 aromatic carbocycles. The van der Waals surface area contributed by atoms with E-state index in [1.165, 1.54) is 18.7 Å². The normalized spacial score (nSPS) is 12.0. The molecular formula is C16H17N2O4S-. The lowest BCUT2D eigenvalue weighted by Crippen LogP contribution is -2.48. The topological polar surface area (TPSA) is 91.3 Å². The molecular weight excluding hydrogens is 316 g/mol. The molecule has 0 spiro atoms. The Bertz CT molecular complexity index is 748. The van der Waals surface area contributed by atoms with Crippen molar-refractivity contribution in [3.8, 4) is 5.75 Å². The van der Waals surface area contributed by atoms with Crippen LogP contribution in [0.25, 0.3) is 10.9 Å². The smallest absolute Gasteiger partial charge is 0.217 e. The van der Waals surface area contributed by atoms with Crippen LogP contribution in [-0.4, -0.2) is 35.8 Å². The van der Waals surface area contributed by atoms with Gasteiger partial charge in [-0.15, -0.1) is 11.8 Å². The summed E-state index contributed by atoms with van der Waals surface area (Å²) in [6.07, 6.45) is 0. The maximum atomic E-state index is 11.1. The first-order valence-corrected chi connectivity index (χ1v) is 7.95. The summed E-state index contributed by atoms with van der Waals surface area (Å²) in [5.41, 5.74) is 1.63. The Morgan fingerprint density at radius 2 is 2.13 bits per heavy atom. The standard InChI is InChI=1S/C16H18N2O4S/c1-9-6-15(23-8-14(16(20)21)18-10(2)19)12-7-11(22-3)4-5-13(12)17-9/h4-7,14H,8H2,1-3H3,(H,18,19)(H,20,21)/p-1/t14-/m1/s1. The van der Waals surface area contributed by atoms with Crippen LogP contribution in [0.3, 0.4) is 0 Å². The SMILES string of the molecule is COc1ccc2nc(C)cc(SC[C@@H](NC(C)=O)C(=O)[O-])c2c1. The molecule has 0 aliphatic carbocycles. The second kappa shape index (κ2) is 7.32. The minimum Gasteiger partial charge on any atom is -0.548 e. The Morgan fingerprint density at radius 1 is 1.39 bits per heavy atom. The number of ether oxygens (including phenoxy) is 1. The van der Waals surface area contributed by atoms with E-state index in [1.807, 2.05) is 31.2 Å². The molecule has 1 N–H and O–H groups in total. The van der Waals surface area contributed by atoms with E-state index in [2.05, 4.69) is 10.3 Å². The number of nitrogens with one attached hydrogen (secondary N) is 1. The van der Waals surface area contributed by atoms with Gasteiger partial charge in [-0.2, -0.15) is 0 Å². The third-order valence-electron chi connectivity index (χ3n) is 3.17. The summed E-state index contributed by atoms with van der Waals surface area (Å²) in [5, 5.41) is 14.4. The average molecular weight is 333 g/mol. The van der Waals surface area contributed by atoms with Gasteiger partial charge in [-0.05, 0) is 31.2 Å². The maximum absolute atomic E-state index is 11.1. The van der Waals surface area contributed by atoms with E-state index >= 15 is 0 Å². The van der Waals surface area contributed by atoms with Gasteiger partial charge in [0.25, 0.3) is 0 Å². The van der Waals surface area contributed by atoms with E-state index < -0.39 is 17.9 Å². The fourth-order valence-electron chi connectivity index (χ4n) is 2.13. The second-order valence-corrected chi connectivity index (χ2v) is 6.09. The average Bonchev–Trinajstić information content (AvgIpc) is 2.50. The molecule has 0 bridgehead atoms. The number of benzene rings is 1. The van der Waals surface area contributed by atoms with Crippen LogP contribution >= 0.6 is 11.8 Å². The number of carbonyl (C=O) groups excluding carboxylic acids is 2. The first kappa shape index (κ1) is 17.1. The zero-order valence-electron chi connectivity index (χ0n) is 13.1. The minimum absolute atomic E-state index is 0.164. The van der Waals surface area contributed by atoms with E-state index in [-0.39, 0.29) is 5.75 Å². The van der Waals surface area contributed by atoms with Crippen molar-refractivity contribution in [2.24, 2.45) is 0 Å². The molecule has 0 aliphatic rings. The van der Waals surface area contributed by atoms with Crippen molar-refractivity contribution in [1.82, 2.24) is 10.3 Å². The van der Waals surface area contributed by atoms with Crippen LogP contribution in [0.5, 0.6) is 5.75 Å². The highest BCUT2D eigenvalue weighted by molar-refractivity contribution is 7.99. The highest BCUT2D eigenvalue weighted by Gasteiger charge is 2.14. The highest BCUT2D eigenvalue weighted by Crippen LogP contribution is 2.30. The van der Waals surface area contributed by atoms with Crippen LogP contribution in [0.15, 0.2) is 29.2 Å². The van der Waals surface area contributed by atoms with Crippen molar-refractivity contribution in [3.05, 3.63) is 30.0 Å². The molecule has 0 fully saturated rings. The van der Waals surface area contributed by atoms with Gasteiger partial charge in [0, 0.05) is 28.7 Å². The fourth-order valence-corrected chi connectivity index (χ4v) is 3.27. The number of nitrogens with zero attached hydrogens (tertiary/aromatic N) is 1. The third-order valence-corrected chi connectivity index (χ3v) is 4.32. The van der Waals surface area contributed by atoms with Crippen LogP contribution < -0.4 is 15.2 Å². The number of carboxylic acids is 1. The Labute approximate surface area is 138 Å². The van der Waals surface area contributed by atoms with Crippen LogP contribution in [0.2, 0.25) is 0 Å². The minimum atomic E-state index is -1.31. The summed E-state index contributed by atoms with van der Waals surface area (Å²) in [6.45, 7) is 3.15. The predicted molar refractivity (Wildman–Crippen MR) is 86.4 cm³/mol. The van der Waals surface area contributed by atoms with E-state index in [0.717, 1.165) is 21.5 Å². The molecule has 122 valence electrons. The number of aliphatic carboxylic acids is 1. The lowest BCUT2D eigenvalue weighted by molar-refractivity contribution is -0.307. The molecule has 2 rings (SSSR count). The van der Waals surface area contributed by atoms with E-state index in [1.54, 1.807) is 7.11 Å². The monoisotopic (exact) mass is 333 g/mol. The number of fused-ring (bicyclic) bond motifs is 1. The van der Waals surface area contributed by atoms with Gasteiger partial charge < -0.3 is 20.0 Å². The molecule has 1 atom stereocenters. The van der Waals surface area contributed by atoms with Gasteiger partial charge in [0.1, 0.15) is 5.75 Å². The fraction of sp³-hybridized carbons (Fsp3) is 0.312. The Morgan fingerprint density at radius 3 is 2.74 bits per heavy atom. The highest BCUT2D eigenvalue weighted by atomic mass is 32.2. The number of aryl methyl sites for hydroxylation is 1. The number of carboxylic acid groups (broad SMARTS) is 1. The van der Waals surface area contributed by atoms with E-state index in [4.69, 9.17) is 4.74 Å². The van der Waals surface area contributed by atoms with Gasteiger partial charge in [-0.25, -0.2) is 0 Å². The number of methoxy groups -OCH3 is 1. The van der Waals surface area contributed by atoms with Crippen molar-refractivity contribution in [1.29, 1.82) is 0 Å². The molecule has 7 heteroatoms. The largest absolute Gasteiger partial charge is 0.548 e. The Balaban J connectivity index is 2.30. The summed E-state index contributed by atoms with van der Waals surface area (Å²) in [4.78, 5) is 27.5. The van der Waals surface area contributed by atoms with Gasteiger partial charge in [0.15, 0.2) is 0 Å². The molecule has 0 aliphatic heterocycles. The van der Waals surface area contributed by atoms with Crippen molar-refractivity contribution in [2.75, 3.05) is 12.9 Å². The molecule has 0 radical (unpaired) electrons. The molecule has 0 saturated heterocycles. The number of aromatic nitrogens is 1. The predicted octanol–water partition coefficient (Wildman–Crippen LogP) is 0.899. The summed E-state index contributed by atoms with van der Waals surface area (Å²) in [6, 6.07) is 6.37. The van der Waals surface area contributed by atoms with E-state index in [0.29, 0.717) is 5.75 Å². The summed E-state index contributed by atoms with van der Waals surface area (Å²) in [5.74, 6) is -0.849. The second-order valence-electron chi connectivity index (χ2n) is 5.03. The van der Waals surface area contributed by atoms with Crippen molar-refractivity contribution < 1.29 is 19.4 Å². The molecule has 1 heterocycles. The number of amides is 1. The van der Waals surface area contributed by atoms with Gasteiger partial charge >= 0.3 is 0 Å². The number of pyridine rings is 1. The summed E-state index contributed by atoms with van der Waals surface area (Å²) >= 11 is 1.33. The number of rotatable bonds is 6. The van der Waals surface area contributed by atoms with Gasteiger partial charge in [-0.3, -0.25) is 9.78 Å². The molecule has 23 heavy (non-hydrogen) atoms. The van der Waals surface area contributed by atoms with Crippen LogP contribution in [0.1, 0.15) is 12.6 Å². The molecule has 0 saturated carbocycles. The molecule has 2 aromatic rings. The number of carbonyl (C=O) groups is 2. The van der Waals surface area contributed by atoms with Crippen molar-refractivity contribution >= 4 is 34.5 Å². The van der Waals surface area contributed by atoms with Gasteiger partial charge in [0.2, 0.25) is 5.91 Å². The van der Waals surface area contributed by atoms with E-state index in [9.17, 15) is 14.7 Å². The molecule has 1 amide bonds. The first-order chi connectivity index (χ1) is 10.9. The van der Waals surface area contributed by atoms with Crippen LogP contribution in [0, 0.1) is 6.92 Å². The maximum Gasteiger partial charge on any atom is 0.217 e. The molecule has 0 unspecified atom stereocenters. The zero-order chi connectivity index (χ0) is 17.0. The summed E-state index contributed by atoms with van der Waals surface area (Å²) in [7, 11) is 1.58. The van der Waals surface area contributed by atoms with Gasteiger partial charge in [0.05, 0.1) is 24.6 Å². The lowest BCUT2D eigenvalue weighted by Gasteiger charge is -2.19. The quantitative estimate of drug-likeness (QED) is 0.790. The van der Waals surface area contributed by atoms with Crippen molar-refractivity contribution in [3.63, 3.8) is 0 Å². The Hall–Kier alpha value is -2.28. The third kappa shape index (κ3) is 4.35. The number of hydrogen-bond acceptors (Lipinski definition) is 6. The van der Waals surface area contributed by atoms with Crippen LogP contribution in [0.4, 0.5) is 0 Å². The van der Waals surface area contributed by atoms with Crippen molar-refractivity contribution in [2.45, 2.75) is 24.8 Å². The zero-order valence-corrected chi connectivity index (χ0v) is 13.9. The molecule has 6 nitrogen and oxygen atoms in total. The summed E-state index contributed by atoms with van der Waals surface area (Å²) < 4.78 is 5.23. The lowest BCUT2D eigenvalue weighted by atomic mass is 10.2.